The summed E-state index contributed by atoms with van der Waals surface area (Å²) in [6, 6.07) is 7.50. The lowest BCUT2D eigenvalue weighted by molar-refractivity contribution is 0.0910. The van der Waals surface area contributed by atoms with E-state index >= 15 is 0 Å². The van der Waals surface area contributed by atoms with Crippen molar-refractivity contribution < 1.29 is 4.79 Å². The van der Waals surface area contributed by atoms with Crippen LogP contribution in [0.25, 0.3) is 0 Å². The molecule has 0 fully saturated rings. The van der Waals surface area contributed by atoms with Crippen LogP contribution in [0.1, 0.15) is 43.6 Å². The van der Waals surface area contributed by atoms with Gasteiger partial charge in [-0.25, -0.2) is 0 Å². The standard InChI is InChI=1S/C14H20ClNO/c1-10(14(2,3)4)16-13(17)12-7-5-11(9-15)6-8-12/h5-8,10H,9H2,1-4H3,(H,16,17). The quantitative estimate of drug-likeness (QED) is 0.820. The largest absolute Gasteiger partial charge is 0.349 e. The minimum Gasteiger partial charge on any atom is -0.349 e. The fourth-order valence-electron chi connectivity index (χ4n) is 1.24. The van der Waals surface area contributed by atoms with Crippen molar-refractivity contribution in [2.24, 2.45) is 5.41 Å². The first-order chi connectivity index (χ1) is 7.84. The maximum atomic E-state index is 12.0. The number of benzene rings is 1. The number of carbonyl (C=O) groups is 1. The Balaban J connectivity index is 2.70. The predicted octanol–water partition coefficient (Wildman–Crippen LogP) is 3.59. The second-order valence-corrected chi connectivity index (χ2v) is 5.66. The number of amides is 1. The van der Waals surface area contributed by atoms with Crippen molar-refractivity contribution >= 4 is 17.5 Å². The van der Waals surface area contributed by atoms with Crippen molar-refractivity contribution in [3.05, 3.63) is 35.4 Å². The molecular weight excluding hydrogens is 234 g/mol. The van der Waals surface area contributed by atoms with E-state index in [1.807, 2.05) is 31.2 Å². The molecule has 0 spiro atoms. The molecule has 0 aliphatic rings. The van der Waals surface area contributed by atoms with Crippen molar-refractivity contribution in [3.63, 3.8) is 0 Å². The molecule has 0 bridgehead atoms. The molecule has 1 N–H and O–H groups in total. The van der Waals surface area contributed by atoms with Crippen LogP contribution < -0.4 is 5.32 Å². The Bertz CT molecular complexity index is 378. The highest BCUT2D eigenvalue weighted by atomic mass is 35.5. The highest BCUT2D eigenvalue weighted by Crippen LogP contribution is 2.19. The van der Waals surface area contributed by atoms with Gasteiger partial charge in [0.2, 0.25) is 0 Å². The third-order valence-electron chi connectivity index (χ3n) is 3.02. The second kappa shape index (κ2) is 5.54. The van der Waals surface area contributed by atoms with Gasteiger partial charge >= 0.3 is 0 Å². The number of hydrogen-bond acceptors (Lipinski definition) is 1. The number of halogens is 1. The zero-order valence-corrected chi connectivity index (χ0v) is 11.6. The smallest absolute Gasteiger partial charge is 0.251 e. The number of hydrogen-bond donors (Lipinski definition) is 1. The van der Waals surface area contributed by atoms with Gasteiger partial charge in [-0.05, 0) is 30.0 Å². The summed E-state index contributed by atoms with van der Waals surface area (Å²) in [6.07, 6.45) is 0. The average molecular weight is 254 g/mol. The van der Waals surface area contributed by atoms with Crippen molar-refractivity contribution in [1.82, 2.24) is 5.32 Å². The monoisotopic (exact) mass is 253 g/mol. The van der Waals surface area contributed by atoms with E-state index in [1.165, 1.54) is 0 Å². The molecule has 17 heavy (non-hydrogen) atoms. The van der Waals surface area contributed by atoms with Gasteiger partial charge < -0.3 is 5.32 Å². The Morgan fingerprint density at radius 3 is 2.24 bits per heavy atom. The molecule has 0 saturated carbocycles. The molecule has 0 radical (unpaired) electrons. The lowest BCUT2D eigenvalue weighted by Crippen LogP contribution is -2.41. The second-order valence-electron chi connectivity index (χ2n) is 5.39. The summed E-state index contributed by atoms with van der Waals surface area (Å²) in [6.45, 7) is 8.34. The van der Waals surface area contributed by atoms with E-state index in [1.54, 1.807) is 0 Å². The SMILES string of the molecule is CC(NC(=O)c1ccc(CCl)cc1)C(C)(C)C. The van der Waals surface area contributed by atoms with E-state index < -0.39 is 0 Å². The third kappa shape index (κ3) is 4.04. The molecule has 0 aliphatic carbocycles. The predicted molar refractivity (Wildman–Crippen MR) is 72.4 cm³/mol. The number of alkyl halides is 1. The van der Waals surface area contributed by atoms with E-state index in [2.05, 4.69) is 26.1 Å². The van der Waals surface area contributed by atoms with Gasteiger partial charge in [-0.2, -0.15) is 0 Å². The van der Waals surface area contributed by atoms with Crippen LogP contribution in [-0.2, 0) is 5.88 Å². The molecule has 0 aromatic heterocycles. The lowest BCUT2D eigenvalue weighted by Gasteiger charge is -2.28. The summed E-state index contributed by atoms with van der Waals surface area (Å²) in [7, 11) is 0. The van der Waals surface area contributed by atoms with Crippen LogP contribution in [0.3, 0.4) is 0 Å². The van der Waals surface area contributed by atoms with Crippen LogP contribution in [0.5, 0.6) is 0 Å². The minimum absolute atomic E-state index is 0.0338. The van der Waals surface area contributed by atoms with Crippen molar-refractivity contribution in [2.75, 3.05) is 0 Å². The summed E-state index contributed by atoms with van der Waals surface area (Å²) >= 11 is 5.70. The van der Waals surface area contributed by atoms with Crippen LogP contribution in [0.15, 0.2) is 24.3 Å². The number of nitrogens with one attached hydrogen (secondary N) is 1. The van der Waals surface area contributed by atoms with E-state index in [4.69, 9.17) is 11.6 Å². The molecule has 94 valence electrons. The fourth-order valence-corrected chi connectivity index (χ4v) is 1.42. The molecule has 3 heteroatoms. The van der Waals surface area contributed by atoms with Crippen molar-refractivity contribution in [3.8, 4) is 0 Å². The van der Waals surface area contributed by atoms with Crippen LogP contribution in [0.2, 0.25) is 0 Å². The molecule has 0 aliphatic heterocycles. The molecule has 1 atom stereocenters. The summed E-state index contributed by atoms with van der Waals surface area (Å²) < 4.78 is 0. The molecule has 1 aromatic rings. The van der Waals surface area contributed by atoms with Gasteiger partial charge in [0, 0.05) is 17.5 Å². The number of rotatable bonds is 3. The minimum atomic E-state index is -0.0338. The molecule has 0 heterocycles. The average Bonchev–Trinajstić information content (AvgIpc) is 2.27. The first-order valence-electron chi connectivity index (χ1n) is 5.80. The van der Waals surface area contributed by atoms with Gasteiger partial charge in [0.05, 0.1) is 0 Å². The van der Waals surface area contributed by atoms with Crippen LogP contribution >= 0.6 is 11.6 Å². The first-order valence-corrected chi connectivity index (χ1v) is 6.34. The highest BCUT2D eigenvalue weighted by molar-refractivity contribution is 6.17. The third-order valence-corrected chi connectivity index (χ3v) is 3.33. The summed E-state index contributed by atoms with van der Waals surface area (Å²) in [5, 5.41) is 3.00. The van der Waals surface area contributed by atoms with Gasteiger partial charge in [0.25, 0.3) is 5.91 Å². The molecule has 1 amide bonds. The Hall–Kier alpha value is -1.02. The maximum absolute atomic E-state index is 12.0. The van der Waals surface area contributed by atoms with Crippen LogP contribution in [-0.4, -0.2) is 11.9 Å². The highest BCUT2D eigenvalue weighted by Gasteiger charge is 2.21. The molecule has 1 unspecified atom stereocenters. The van der Waals surface area contributed by atoms with Crippen molar-refractivity contribution in [2.45, 2.75) is 39.6 Å². The van der Waals surface area contributed by atoms with Crippen LogP contribution in [0, 0.1) is 5.41 Å². The van der Waals surface area contributed by atoms with Crippen molar-refractivity contribution in [1.29, 1.82) is 0 Å². The molecular formula is C14H20ClNO. The number of carbonyl (C=O) groups excluding carboxylic acids is 1. The fraction of sp³-hybridized carbons (Fsp3) is 0.500. The summed E-state index contributed by atoms with van der Waals surface area (Å²) in [4.78, 5) is 12.0. The van der Waals surface area contributed by atoms with E-state index in [0.717, 1.165) is 5.56 Å². The van der Waals surface area contributed by atoms with Gasteiger partial charge in [-0.3, -0.25) is 4.79 Å². The molecule has 1 aromatic carbocycles. The zero-order chi connectivity index (χ0) is 13.1. The Labute approximate surface area is 108 Å². The molecule has 0 saturated heterocycles. The van der Waals surface area contributed by atoms with Gasteiger partial charge in [-0.1, -0.05) is 32.9 Å². The van der Waals surface area contributed by atoms with Gasteiger partial charge in [0.15, 0.2) is 0 Å². The molecule has 2 nitrogen and oxygen atoms in total. The van der Waals surface area contributed by atoms with Gasteiger partial charge in [0.1, 0.15) is 0 Å². The Morgan fingerprint density at radius 2 is 1.82 bits per heavy atom. The van der Waals surface area contributed by atoms with E-state index in [-0.39, 0.29) is 17.4 Å². The topological polar surface area (TPSA) is 29.1 Å². The maximum Gasteiger partial charge on any atom is 0.251 e. The van der Waals surface area contributed by atoms with Crippen LogP contribution in [0.4, 0.5) is 0 Å². The molecule has 1 rings (SSSR count). The van der Waals surface area contributed by atoms with Gasteiger partial charge in [-0.15, -0.1) is 11.6 Å². The van der Waals surface area contributed by atoms with E-state index in [9.17, 15) is 4.79 Å². The zero-order valence-electron chi connectivity index (χ0n) is 10.9. The first kappa shape index (κ1) is 14.0. The normalized spacial score (nSPS) is 13.2. The Morgan fingerprint density at radius 1 is 1.29 bits per heavy atom. The summed E-state index contributed by atoms with van der Waals surface area (Å²) in [5.74, 6) is 0.439. The van der Waals surface area contributed by atoms with E-state index in [0.29, 0.717) is 11.4 Å². The Kier molecular flexibility index (Phi) is 4.58. The lowest BCUT2D eigenvalue weighted by atomic mass is 9.88. The summed E-state index contributed by atoms with van der Waals surface area (Å²) in [5.41, 5.74) is 1.76.